The number of aromatic nitrogens is 3. The van der Waals surface area contributed by atoms with Gasteiger partial charge in [0.25, 0.3) is 11.8 Å². The molecule has 1 fully saturated rings. The summed E-state index contributed by atoms with van der Waals surface area (Å²) in [5.74, 6) is 0.147. The van der Waals surface area contributed by atoms with E-state index in [4.69, 9.17) is 9.47 Å². The molecule has 0 bridgehead atoms. The molecule has 226 valence electrons. The van der Waals surface area contributed by atoms with Gasteiger partial charge < -0.3 is 14.6 Å². The molecule has 4 aromatic carbocycles. The van der Waals surface area contributed by atoms with Gasteiger partial charge in [0.05, 0.1) is 36.5 Å². The summed E-state index contributed by atoms with van der Waals surface area (Å²) in [5, 5.41) is 17.0. The fourth-order valence-electron chi connectivity index (χ4n) is 5.71. The summed E-state index contributed by atoms with van der Waals surface area (Å²) in [6.07, 6.45) is 1.31. The van der Waals surface area contributed by atoms with Gasteiger partial charge in [0.2, 0.25) is 0 Å². The first-order valence-corrected chi connectivity index (χ1v) is 15.7. The van der Waals surface area contributed by atoms with E-state index in [0.29, 0.717) is 23.3 Å². The lowest BCUT2D eigenvalue weighted by atomic mass is 9.99. The summed E-state index contributed by atoms with van der Waals surface area (Å²) in [4.78, 5) is 31.3. The first-order valence-electron chi connectivity index (χ1n) is 14.7. The Labute approximate surface area is 264 Å². The molecule has 1 aromatic heterocycles. The number of aliphatic hydroxyl groups is 1. The van der Waals surface area contributed by atoms with E-state index in [-0.39, 0.29) is 37.2 Å². The van der Waals surface area contributed by atoms with Crippen molar-refractivity contribution in [2.75, 3.05) is 5.75 Å². The molecule has 3 unspecified atom stereocenters. The molecule has 0 saturated carbocycles. The molecule has 3 heterocycles. The number of rotatable bonds is 9. The van der Waals surface area contributed by atoms with Crippen LogP contribution < -0.4 is 0 Å². The maximum atomic E-state index is 12.9. The SMILES string of the molecule is O=C1c2ccccc2C(=O)N1Cc1cccc(-c2ccc(C3OC(CSc4ncn[nH]4)CC(c4ccc(CO)cc4)O3)cc2)c1. The van der Waals surface area contributed by atoms with Crippen LogP contribution in [0.5, 0.6) is 0 Å². The van der Waals surface area contributed by atoms with Gasteiger partial charge in [-0.1, -0.05) is 90.6 Å². The third kappa shape index (κ3) is 6.18. The molecule has 7 rings (SSSR count). The standard InChI is InChI=1S/C35H30N4O5S/c40-19-22-8-10-25(11-9-22)31-17-28(20-45-35-36-21-37-38-35)43-34(44-31)26-14-12-24(13-15-26)27-5-3-4-23(16-27)18-39-32(41)29-6-1-2-7-30(29)33(39)42/h1-16,21,28,31,34,40H,17-20H2,(H,36,37,38). The number of carbonyl (C=O) groups excluding carboxylic acids is 2. The molecular formula is C35H30N4O5S. The molecule has 45 heavy (non-hydrogen) atoms. The molecule has 10 heteroatoms. The van der Waals surface area contributed by atoms with Gasteiger partial charge in [-0.05, 0) is 46.0 Å². The highest BCUT2D eigenvalue weighted by atomic mass is 32.2. The molecule has 0 aliphatic carbocycles. The normalized spacial score (nSPS) is 19.6. The van der Waals surface area contributed by atoms with Crippen LogP contribution in [0.4, 0.5) is 0 Å². The Morgan fingerprint density at radius 2 is 1.56 bits per heavy atom. The van der Waals surface area contributed by atoms with Gasteiger partial charge >= 0.3 is 0 Å². The van der Waals surface area contributed by atoms with Crippen LogP contribution >= 0.6 is 11.8 Å². The van der Waals surface area contributed by atoms with Crippen LogP contribution in [0.15, 0.2) is 109 Å². The summed E-state index contributed by atoms with van der Waals surface area (Å²) in [5.41, 5.74) is 6.51. The largest absolute Gasteiger partial charge is 0.392 e. The van der Waals surface area contributed by atoms with E-state index in [0.717, 1.165) is 38.5 Å². The fraction of sp³-hybridized carbons (Fsp3) is 0.200. The topological polar surface area (TPSA) is 118 Å². The summed E-state index contributed by atoms with van der Waals surface area (Å²) in [6, 6.07) is 30.7. The molecular weight excluding hydrogens is 588 g/mol. The van der Waals surface area contributed by atoms with E-state index in [9.17, 15) is 14.7 Å². The van der Waals surface area contributed by atoms with E-state index in [1.54, 1.807) is 36.0 Å². The molecule has 5 aromatic rings. The highest BCUT2D eigenvalue weighted by Gasteiger charge is 2.35. The first-order chi connectivity index (χ1) is 22.1. The summed E-state index contributed by atoms with van der Waals surface area (Å²) in [7, 11) is 0. The minimum Gasteiger partial charge on any atom is -0.392 e. The summed E-state index contributed by atoms with van der Waals surface area (Å²) >= 11 is 1.55. The van der Waals surface area contributed by atoms with Gasteiger partial charge in [-0.2, -0.15) is 5.10 Å². The second-order valence-corrected chi connectivity index (χ2v) is 12.0. The molecule has 2 amide bonds. The number of carbonyl (C=O) groups is 2. The van der Waals surface area contributed by atoms with Crippen LogP contribution in [0.1, 0.15) is 61.8 Å². The number of ether oxygens (including phenoxy) is 2. The number of aliphatic hydroxyl groups excluding tert-OH is 1. The van der Waals surface area contributed by atoms with E-state index in [2.05, 4.69) is 15.2 Å². The number of benzene rings is 4. The molecule has 9 nitrogen and oxygen atoms in total. The minimum absolute atomic E-state index is 0.00792. The number of hydrogen-bond acceptors (Lipinski definition) is 8. The average molecular weight is 619 g/mol. The monoisotopic (exact) mass is 618 g/mol. The van der Waals surface area contributed by atoms with Crippen molar-refractivity contribution in [3.05, 3.63) is 137 Å². The first kappa shape index (κ1) is 29.1. The van der Waals surface area contributed by atoms with Crippen molar-refractivity contribution >= 4 is 23.6 Å². The Balaban J connectivity index is 1.08. The van der Waals surface area contributed by atoms with Crippen LogP contribution in [0.2, 0.25) is 0 Å². The second-order valence-electron chi connectivity index (χ2n) is 11.0. The minimum atomic E-state index is -0.573. The summed E-state index contributed by atoms with van der Waals surface area (Å²) < 4.78 is 12.9. The third-order valence-corrected chi connectivity index (χ3v) is 9.08. The molecule has 3 atom stereocenters. The molecule has 2 aliphatic heterocycles. The van der Waals surface area contributed by atoms with Crippen molar-refractivity contribution in [2.24, 2.45) is 0 Å². The van der Waals surface area contributed by atoms with Gasteiger partial charge in [0, 0.05) is 17.7 Å². The molecule has 0 radical (unpaired) electrons. The predicted molar refractivity (Wildman–Crippen MR) is 168 cm³/mol. The Kier molecular flexibility index (Phi) is 8.27. The Morgan fingerprint density at radius 1 is 0.822 bits per heavy atom. The van der Waals surface area contributed by atoms with Crippen LogP contribution in [0, 0.1) is 0 Å². The molecule has 0 spiro atoms. The van der Waals surface area contributed by atoms with Gasteiger partial charge in [0.1, 0.15) is 6.33 Å². The van der Waals surface area contributed by atoms with Crippen LogP contribution in [-0.2, 0) is 22.6 Å². The van der Waals surface area contributed by atoms with E-state index in [1.807, 2.05) is 72.8 Å². The van der Waals surface area contributed by atoms with Crippen molar-refractivity contribution < 1.29 is 24.2 Å². The lowest BCUT2D eigenvalue weighted by Crippen LogP contribution is -2.31. The zero-order valence-electron chi connectivity index (χ0n) is 24.2. The van der Waals surface area contributed by atoms with E-state index in [1.165, 1.54) is 11.2 Å². The number of fused-ring (bicyclic) bond motifs is 1. The van der Waals surface area contributed by atoms with Gasteiger partial charge in [-0.3, -0.25) is 19.6 Å². The third-order valence-electron chi connectivity index (χ3n) is 8.08. The van der Waals surface area contributed by atoms with Gasteiger partial charge in [-0.15, -0.1) is 0 Å². The van der Waals surface area contributed by atoms with Crippen molar-refractivity contribution in [3.63, 3.8) is 0 Å². The number of thioether (sulfide) groups is 1. The number of amides is 2. The quantitative estimate of drug-likeness (QED) is 0.150. The average Bonchev–Trinajstić information content (AvgIpc) is 3.71. The number of aromatic amines is 1. The molecule has 2 aliphatic rings. The number of nitrogens with zero attached hydrogens (tertiary/aromatic N) is 3. The zero-order chi connectivity index (χ0) is 30.8. The smallest absolute Gasteiger partial charge is 0.261 e. The number of H-pyrrole nitrogens is 1. The van der Waals surface area contributed by atoms with Gasteiger partial charge in [0.15, 0.2) is 11.4 Å². The summed E-state index contributed by atoms with van der Waals surface area (Å²) in [6.45, 7) is 0.197. The Morgan fingerprint density at radius 3 is 2.24 bits per heavy atom. The van der Waals surface area contributed by atoms with E-state index >= 15 is 0 Å². The van der Waals surface area contributed by atoms with Crippen LogP contribution in [0.3, 0.4) is 0 Å². The maximum Gasteiger partial charge on any atom is 0.261 e. The molecule has 1 saturated heterocycles. The Bertz CT molecular complexity index is 1780. The van der Waals surface area contributed by atoms with Crippen molar-refractivity contribution in [2.45, 2.75) is 43.2 Å². The number of nitrogens with one attached hydrogen (secondary N) is 1. The zero-order valence-corrected chi connectivity index (χ0v) is 25.0. The number of hydrogen-bond donors (Lipinski definition) is 2. The van der Waals surface area contributed by atoms with Crippen molar-refractivity contribution in [1.82, 2.24) is 20.1 Å². The van der Waals surface area contributed by atoms with Crippen LogP contribution in [0.25, 0.3) is 11.1 Å². The highest BCUT2D eigenvalue weighted by molar-refractivity contribution is 7.99. The fourth-order valence-corrected chi connectivity index (χ4v) is 6.50. The lowest BCUT2D eigenvalue weighted by Gasteiger charge is -2.36. The lowest BCUT2D eigenvalue weighted by molar-refractivity contribution is -0.245. The van der Waals surface area contributed by atoms with Crippen LogP contribution in [-0.4, -0.2) is 48.9 Å². The second kappa shape index (κ2) is 12.8. The maximum absolute atomic E-state index is 12.9. The Hall–Kier alpha value is -4.61. The molecule has 2 N–H and O–H groups in total. The number of imide groups is 1. The highest BCUT2D eigenvalue weighted by Crippen LogP contribution is 2.39. The predicted octanol–water partition coefficient (Wildman–Crippen LogP) is 6.10. The van der Waals surface area contributed by atoms with Crippen molar-refractivity contribution in [3.8, 4) is 11.1 Å². The van der Waals surface area contributed by atoms with E-state index < -0.39 is 6.29 Å². The van der Waals surface area contributed by atoms with Gasteiger partial charge in [-0.25, -0.2) is 4.98 Å². The van der Waals surface area contributed by atoms with Crippen molar-refractivity contribution in [1.29, 1.82) is 0 Å².